The van der Waals surface area contributed by atoms with E-state index in [1.165, 1.54) is 0 Å². The van der Waals surface area contributed by atoms with Crippen LogP contribution in [0.25, 0.3) is 0 Å². The minimum absolute atomic E-state index is 0. The van der Waals surface area contributed by atoms with Gasteiger partial charge in [0.2, 0.25) is 0 Å². The number of rotatable bonds is 9. The van der Waals surface area contributed by atoms with Crippen LogP contribution in [0, 0.1) is 0 Å². The number of nitrogens with zero attached hydrogens (tertiary/aromatic N) is 2. The molecule has 0 spiro atoms. The zero-order chi connectivity index (χ0) is 25.3. The van der Waals surface area contributed by atoms with Gasteiger partial charge in [0.05, 0.1) is 13.1 Å². The van der Waals surface area contributed by atoms with Gasteiger partial charge in [-0.3, -0.25) is 9.98 Å². The van der Waals surface area contributed by atoms with Gasteiger partial charge in [0.15, 0.2) is 0 Å². The molecule has 6 N–H and O–H groups in total. The first-order valence-corrected chi connectivity index (χ1v) is 12.4. The highest BCUT2D eigenvalue weighted by molar-refractivity contribution is 6.02. The molecule has 2 heterocycles. The summed E-state index contributed by atoms with van der Waals surface area (Å²) in [6.07, 6.45) is 1.48. The fourth-order valence-corrected chi connectivity index (χ4v) is 3.95. The van der Waals surface area contributed by atoms with E-state index in [1.54, 1.807) is 0 Å². The number of hydrogen-bond donors (Lipinski definition) is 6. The van der Waals surface area contributed by atoms with E-state index in [0.717, 1.165) is 48.7 Å². The molecule has 0 bridgehead atoms. The number of nitrogens with one attached hydrogen (secondary N) is 6. The molecule has 2 atom stereocenters. The first-order chi connectivity index (χ1) is 17.5. The number of benzene rings is 2. The van der Waals surface area contributed by atoms with Crippen LogP contribution in [0.15, 0.2) is 58.5 Å². The number of hydrogen-bond acceptors (Lipinski definition) is 6. The van der Waals surface area contributed by atoms with Gasteiger partial charge in [-0.1, -0.05) is 24.3 Å². The van der Waals surface area contributed by atoms with E-state index in [-0.39, 0.29) is 24.5 Å². The molecule has 0 saturated carbocycles. The molecule has 0 aliphatic carbocycles. The van der Waals surface area contributed by atoms with Crippen LogP contribution < -0.4 is 31.9 Å². The molecule has 4 rings (SSSR count). The lowest BCUT2D eigenvalue weighted by Gasteiger charge is -2.11. The van der Waals surface area contributed by atoms with Crippen molar-refractivity contribution in [3.05, 3.63) is 59.7 Å². The van der Waals surface area contributed by atoms with Crippen molar-refractivity contribution >= 4 is 47.5 Å². The molecule has 2 aromatic carbocycles. The molecular formula is C26H35ClN8O2. The number of halogens is 1. The molecule has 11 heteroatoms. The highest BCUT2D eigenvalue weighted by atomic mass is 35.5. The van der Waals surface area contributed by atoms with Crippen molar-refractivity contribution < 1.29 is 9.59 Å². The van der Waals surface area contributed by atoms with Crippen LogP contribution in [-0.2, 0) is 0 Å². The van der Waals surface area contributed by atoms with Crippen LogP contribution in [0.1, 0.15) is 37.8 Å². The predicted molar refractivity (Wildman–Crippen MR) is 151 cm³/mol. The van der Waals surface area contributed by atoms with Gasteiger partial charge in [-0.2, -0.15) is 0 Å². The smallest absolute Gasteiger partial charge is 0.319 e. The molecule has 2 aromatic rings. The summed E-state index contributed by atoms with van der Waals surface area (Å²) in [5.74, 6) is 1.70. The number of anilines is 2. The van der Waals surface area contributed by atoms with Gasteiger partial charge in [-0.25, -0.2) is 9.59 Å². The normalized spacial score (nSPS) is 17.9. The van der Waals surface area contributed by atoms with E-state index in [1.807, 2.05) is 48.5 Å². The van der Waals surface area contributed by atoms with Gasteiger partial charge >= 0.3 is 12.1 Å². The van der Waals surface area contributed by atoms with Crippen molar-refractivity contribution in [2.24, 2.45) is 9.98 Å². The molecule has 0 saturated heterocycles. The molecule has 2 unspecified atom stereocenters. The minimum Gasteiger partial charge on any atom is -0.366 e. The Morgan fingerprint density at radius 2 is 1.22 bits per heavy atom. The van der Waals surface area contributed by atoms with E-state index in [4.69, 9.17) is 0 Å². The average Bonchev–Trinajstić information content (AvgIpc) is 3.50. The molecule has 37 heavy (non-hydrogen) atoms. The summed E-state index contributed by atoms with van der Waals surface area (Å²) in [6.45, 7) is 6.69. The lowest BCUT2D eigenvalue weighted by atomic mass is 10.2. The third-order valence-corrected chi connectivity index (χ3v) is 5.78. The Bertz CT molecular complexity index is 1060. The SMILES string of the molecule is CC1CN=C(c2cccc(NC(=O)NCCCCNC(=O)Nc3cccc(C4=NCC(C)N4)c3)c2)N1.Cl. The van der Waals surface area contributed by atoms with Crippen LogP contribution in [0.5, 0.6) is 0 Å². The molecule has 10 nitrogen and oxygen atoms in total. The van der Waals surface area contributed by atoms with Crippen LogP contribution in [0.3, 0.4) is 0 Å². The largest absolute Gasteiger partial charge is 0.366 e. The van der Waals surface area contributed by atoms with Crippen molar-refractivity contribution in [2.75, 3.05) is 36.8 Å². The molecule has 4 amide bonds. The summed E-state index contributed by atoms with van der Waals surface area (Å²) in [4.78, 5) is 33.4. The fraction of sp³-hybridized carbons (Fsp3) is 0.385. The van der Waals surface area contributed by atoms with E-state index in [9.17, 15) is 9.59 Å². The van der Waals surface area contributed by atoms with E-state index in [2.05, 4.69) is 55.7 Å². The molecule has 2 aliphatic heterocycles. The zero-order valence-corrected chi connectivity index (χ0v) is 22.0. The Labute approximate surface area is 223 Å². The van der Waals surface area contributed by atoms with Crippen LogP contribution in [0.4, 0.5) is 21.0 Å². The topological polar surface area (TPSA) is 131 Å². The fourth-order valence-electron chi connectivity index (χ4n) is 3.95. The van der Waals surface area contributed by atoms with Crippen molar-refractivity contribution in [3.8, 4) is 0 Å². The summed E-state index contributed by atoms with van der Waals surface area (Å²) in [5, 5.41) is 18.1. The second-order valence-corrected chi connectivity index (χ2v) is 9.10. The van der Waals surface area contributed by atoms with Gasteiger partial charge in [-0.05, 0) is 51.0 Å². The van der Waals surface area contributed by atoms with Crippen molar-refractivity contribution in [2.45, 2.75) is 38.8 Å². The van der Waals surface area contributed by atoms with E-state index in [0.29, 0.717) is 36.5 Å². The Balaban J connectivity index is 0.00000380. The zero-order valence-electron chi connectivity index (χ0n) is 21.1. The van der Waals surface area contributed by atoms with Crippen LogP contribution >= 0.6 is 12.4 Å². The predicted octanol–water partition coefficient (Wildman–Crippen LogP) is 3.31. The number of aliphatic imine (C=N–C) groups is 2. The van der Waals surface area contributed by atoms with Gasteiger partial charge in [0.1, 0.15) is 11.7 Å². The third-order valence-electron chi connectivity index (χ3n) is 5.78. The van der Waals surface area contributed by atoms with Crippen molar-refractivity contribution in [1.82, 2.24) is 21.3 Å². The van der Waals surface area contributed by atoms with Crippen LogP contribution in [-0.4, -0.2) is 62.0 Å². The molecule has 198 valence electrons. The molecule has 0 radical (unpaired) electrons. The number of carbonyl (C=O) groups is 2. The monoisotopic (exact) mass is 526 g/mol. The summed E-state index contributed by atoms with van der Waals surface area (Å²) >= 11 is 0. The number of amides is 4. The molecule has 0 aromatic heterocycles. The Morgan fingerprint density at radius 3 is 1.59 bits per heavy atom. The standard InChI is InChI=1S/C26H34N8O2.ClH/c1-17-15-29-23(31-17)19-7-5-9-21(13-19)33-25(35)27-11-3-4-12-28-26(36)34-22-10-6-8-20(14-22)24-30-16-18(2)32-24;/h5-10,13-14,17-18H,3-4,11-12,15-16H2,1-2H3,(H,29,31)(H,30,32)(H2,27,33,35)(H2,28,34,36);1H. The van der Waals surface area contributed by atoms with Gasteiger partial charge < -0.3 is 31.9 Å². The Morgan fingerprint density at radius 1 is 0.784 bits per heavy atom. The van der Waals surface area contributed by atoms with Crippen LogP contribution in [0.2, 0.25) is 0 Å². The number of urea groups is 2. The first-order valence-electron chi connectivity index (χ1n) is 12.4. The molecule has 0 fully saturated rings. The van der Waals surface area contributed by atoms with Gasteiger partial charge in [0, 0.05) is 47.7 Å². The summed E-state index contributed by atoms with van der Waals surface area (Å²) in [5.41, 5.74) is 3.32. The quantitative estimate of drug-likeness (QED) is 0.280. The lowest BCUT2D eigenvalue weighted by Crippen LogP contribution is -2.32. The maximum absolute atomic E-state index is 12.2. The maximum Gasteiger partial charge on any atom is 0.319 e. The second-order valence-electron chi connectivity index (χ2n) is 9.10. The van der Waals surface area contributed by atoms with Crippen molar-refractivity contribution in [1.29, 1.82) is 0 Å². The summed E-state index contributed by atoms with van der Waals surface area (Å²) in [7, 11) is 0. The minimum atomic E-state index is -0.261. The summed E-state index contributed by atoms with van der Waals surface area (Å²) < 4.78 is 0. The van der Waals surface area contributed by atoms with Crippen molar-refractivity contribution in [3.63, 3.8) is 0 Å². The molecule has 2 aliphatic rings. The lowest BCUT2D eigenvalue weighted by molar-refractivity contribution is 0.250. The number of unbranched alkanes of at least 4 members (excludes halogenated alkanes) is 1. The first kappa shape index (κ1) is 27.8. The highest BCUT2D eigenvalue weighted by Crippen LogP contribution is 2.14. The number of carbonyl (C=O) groups excluding carboxylic acids is 2. The second kappa shape index (κ2) is 13.5. The highest BCUT2D eigenvalue weighted by Gasteiger charge is 2.15. The van der Waals surface area contributed by atoms with E-state index >= 15 is 0 Å². The Hall–Kier alpha value is -3.79. The van der Waals surface area contributed by atoms with E-state index < -0.39 is 0 Å². The van der Waals surface area contributed by atoms with Gasteiger partial charge in [-0.15, -0.1) is 12.4 Å². The van der Waals surface area contributed by atoms with Gasteiger partial charge in [0.25, 0.3) is 0 Å². The average molecular weight is 527 g/mol. The maximum atomic E-state index is 12.2. The third kappa shape index (κ3) is 8.38. The Kier molecular flexibility index (Phi) is 10.1. The summed E-state index contributed by atoms with van der Waals surface area (Å²) in [6, 6.07) is 15.3. The number of amidine groups is 2. The molecular weight excluding hydrogens is 492 g/mol.